The average molecular weight is 418 g/mol. The SMILES string of the molecule is Cc1noc(C)c1S(=O)(=O)N1CCC[C@@H]1C(=O)Nc1ccc(Cl)cc1Cl. The van der Waals surface area contributed by atoms with E-state index in [2.05, 4.69) is 10.5 Å². The standard InChI is InChI=1S/C16H17Cl2N3O4S/c1-9-15(10(2)25-20-9)26(23,24)21-7-3-4-14(21)16(22)19-13-6-5-11(17)8-12(13)18/h5-6,8,14H,3-4,7H2,1-2H3,(H,19,22)/t14-/m1/s1. The van der Waals surface area contributed by atoms with Crippen molar-refractivity contribution < 1.29 is 17.7 Å². The molecule has 0 spiro atoms. The van der Waals surface area contributed by atoms with Gasteiger partial charge in [-0.25, -0.2) is 8.42 Å². The first-order chi connectivity index (χ1) is 12.2. The third-order valence-electron chi connectivity index (χ3n) is 4.23. The molecular formula is C16H17Cl2N3O4S. The molecule has 2 aromatic rings. The van der Waals surface area contributed by atoms with E-state index in [-0.39, 0.29) is 27.9 Å². The van der Waals surface area contributed by atoms with Gasteiger partial charge < -0.3 is 9.84 Å². The molecular weight excluding hydrogens is 401 g/mol. The first-order valence-corrected chi connectivity index (χ1v) is 10.1. The Morgan fingerprint density at radius 1 is 1.35 bits per heavy atom. The van der Waals surface area contributed by atoms with Gasteiger partial charge in [0.2, 0.25) is 15.9 Å². The predicted octanol–water partition coefficient (Wildman–Crippen LogP) is 3.39. The second kappa shape index (κ2) is 7.19. The number of nitrogens with zero attached hydrogens (tertiary/aromatic N) is 2. The number of carbonyl (C=O) groups is 1. The highest BCUT2D eigenvalue weighted by molar-refractivity contribution is 7.89. The molecule has 7 nitrogen and oxygen atoms in total. The highest BCUT2D eigenvalue weighted by Gasteiger charge is 2.42. The lowest BCUT2D eigenvalue weighted by molar-refractivity contribution is -0.119. The zero-order chi connectivity index (χ0) is 19.1. The molecule has 2 heterocycles. The van der Waals surface area contributed by atoms with E-state index in [0.29, 0.717) is 23.6 Å². The third-order valence-corrected chi connectivity index (χ3v) is 6.93. The van der Waals surface area contributed by atoms with E-state index in [1.807, 2.05) is 0 Å². The Balaban J connectivity index is 1.87. The highest BCUT2D eigenvalue weighted by Crippen LogP contribution is 2.31. The number of sulfonamides is 1. The number of aryl methyl sites for hydroxylation is 2. The van der Waals surface area contributed by atoms with E-state index < -0.39 is 22.0 Å². The lowest BCUT2D eigenvalue weighted by Crippen LogP contribution is -2.43. The number of amides is 1. The second-order valence-corrected chi connectivity index (χ2v) is 8.71. The zero-order valence-corrected chi connectivity index (χ0v) is 16.5. The fourth-order valence-corrected chi connectivity index (χ4v) is 5.46. The van der Waals surface area contributed by atoms with Crippen molar-refractivity contribution in [1.82, 2.24) is 9.46 Å². The molecule has 1 amide bonds. The predicted molar refractivity (Wildman–Crippen MR) is 98.0 cm³/mol. The summed E-state index contributed by atoms with van der Waals surface area (Å²) in [5, 5.41) is 7.10. The fourth-order valence-electron chi connectivity index (χ4n) is 3.06. The molecule has 140 valence electrons. The van der Waals surface area contributed by atoms with Crippen molar-refractivity contribution >= 4 is 44.8 Å². The van der Waals surface area contributed by atoms with Gasteiger partial charge in [0.15, 0.2) is 5.76 Å². The molecule has 1 aromatic carbocycles. The summed E-state index contributed by atoms with van der Waals surface area (Å²) < 4.78 is 32.2. The highest BCUT2D eigenvalue weighted by atomic mass is 35.5. The van der Waals surface area contributed by atoms with E-state index in [1.165, 1.54) is 17.3 Å². The van der Waals surface area contributed by atoms with Crippen LogP contribution in [0.2, 0.25) is 10.0 Å². The minimum atomic E-state index is -3.90. The summed E-state index contributed by atoms with van der Waals surface area (Å²) in [6.45, 7) is 3.34. The zero-order valence-electron chi connectivity index (χ0n) is 14.1. The Morgan fingerprint density at radius 2 is 2.08 bits per heavy atom. The molecule has 1 aromatic heterocycles. The van der Waals surface area contributed by atoms with Gasteiger partial charge in [-0.3, -0.25) is 4.79 Å². The van der Waals surface area contributed by atoms with Crippen molar-refractivity contribution in [3.63, 3.8) is 0 Å². The number of halogens is 2. The minimum Gasteiger partial charge on any atom is -0.360 e. The van der Waals surface area contributed by atoms with Gasteiger partial charge in [-0.05, 0) is 44.9 Å². The lowest BCUT2D eigenvalue weighted by atomic mass is 10.2. The van der Waals surface area contributed by atoms with E-state index in [0.717, 1.165) is 0 Å². The van der Waals surface area contributed by atoms with Gasteiger partial charge in [0, 0.05) is 11.6 Å². The van der Waals surface area contributed by atoms with Crippen molar-refractivity contribution in [2.24, 2.45) is 0 Å². The largest absolute Gasteiger partial charge is 0.360 e. The fraction of sp³-hybridized carbons (Fsp3) is 0.375. The number of nitrogens with one attached hydrogen (secondary N) is 1. The summed E-state index contributed by atoms with van der Waals surface area (Å²) in [6, 6.07) is 3.84. The van der Waals surface area contributed by atoms with Gasteiger partial charge in [0.25, 0.3) is 0 Å². The van der Waals surface area contributed by atoms with Gasteiger partial charge in [0.05, 0.1) is 10.7 Å². The van der Waals surface area contributed by atoms with Crippen molar-refractivity contribution in [2.45, 2.75) is 37.6 Å². The number of hydrogen-bond acceptors (Lipinski definition) is 5. The van der Waals surface area contributed by atoms with Crippen LogP contribution in [-0.4, -0.2) is 36.4 Å². The van der Waals surface area contributed by atoms with E-state index in [9.17, 15) is 13.2 Å². The molecule has 0 bridgehead atoms. The Hall–Kier alpha value is -1.61. The monoisotopic (exact) mass is 417 g/mol. The summed E-state index contributed by atoms with van der Waals surface area (Å²) in [7, 11) is -3.90. The Kier molecular flexibility index (Phi) is 5.30. The Bertz CT molecular complexity index is 939. The molecule has 0 unspecified atom stereocenters. The van der Waals surface area contributed by atoms with Crippen LogP contribution in [0.4, 0.5) is 5.69 Å². The molecule has 1 N–H and O–H groups in total. The molecule has 1 atom stereocenters. The topological polar surface area (TPSA) is 92.5 Å². The maximum absolute atomic E-state index is 13.0. The van der Waals surface area contributed by atoms with Crippen molar-refractivity contribution in [2.75, 3.05) is 11.9 Å². The molecule has 10 heteroatoms. The van der Waals surface area contributed by atoms with Crippen LogP contribution >= 0.6 is 23.2 Å². The van der Waals surface area contributed by atoms with Crippen LogP contribution in [0.15, 0.2) is 27.6 Å². The molecule has 1 aliphatic rings. The first kappa shape index (κ1) is 19.2. The van der Waals surface area contributed by atoms with Crippen LogP contribution in [0.1, 0.15) is 24.3 Å². The average Bonchev–Trinajstić information content (AvgIpc) is 3.17. The summed E-state index contributed by atoms with van der Waals surface area (Å²) in [6.07, 6.45) is 0.995. The number of hydrogen-bond donors (Lipinski definition) is 1. The molecule has 3 rings (SSSR count). The quantitative estimate of drug-likeness (QED) is 0.822. The van der Waals surface area contributed by atoms with Crippen LogP contribution in [-0.2, 0) is 14.8 Å². The minimum absolute atomic E-state index is 0.0155. The molecule has 0 radical (unpaired) electrons. The normalized spacial score (nSPS) is 18.2. The molecule has 1 aliphatic heterocycles. The first-order valence-electron chi connectivity index (χ1n) is 7.92. The number of carbonyl (C=O) groups excluding carboxylic acids is 1. The molecule has 0 saturated carbocycles. The summed E-state index contributed by atoms with van der Waals surface area (Å²) >= 11 is 11.9. The summed E-state index contributed by atoms with van der Waals surface area (Å²) in [5.41, 5.74) is 0.650. The number of anilines is 1. The van der Waals surface area contributed by atoms with Crippen LogP contribution < -0.4 is 5.32 Å². The van der Waals surface area contributed by atoms with Crippen LogP contribution in [0.3, 0.4) is 0 Å². The van der Waals surface area contributed by atoms with E-state index in [4.69, 9.17) is 27.7 Å². The van der Waals surface area contributed by atoms with Gasteiger partial charge in [-0.15, -0.1) is 0 Å². The van der Waals surface area contributed by atoms with Gasteiger partial charge in [0.1, 0.15) is 16.6 Å². The number of rotatable bonds is 4. The molecule has 1 fully saturated rings. The van der Waals surface area contributed by atoms with Gasteiger partial charge >= 0.3 is 0 Å². The van der Waals surface area contributed by atoms with Crippen LogP contribution in [0.25, 0.3) is 0 Å². The van der Waals surface area contributed by atoms with Crippen molar-refractivity contribution in [3.8, 4) is 0 Å². The third kappa shape index (κ3) is 3.46. The lowest BCUT2D eigenvalue weighted by Gasteiger charge is -2.23. The number of benzene rings is 1. The maximum Gasteiger partial charge on any atom is 0.249 e. The van der Waals surface area contributed by atoms with Crippen LogP contribution in [0, 0.1) is 13.8 Å². The second-order valence-electron chi connectivity index (χ2n) is 6.04. The van der Waals surface area contributed by atoms with Crippen molar-refractivity contribution in [1.29, 1.82) is 0 Å². The Morgan fingerprint density at radius 3 is 2.69 bits per heavy atom. The number of aromatic nitrogens is 1. The van der Waals surface area contributed by atoms with Gasteiger partial charge in [-0.2, -0.15) is 4.31 Å². The van der Waals surface area contributed by atoms with Crippen LogP contribution in [0.5, 0.6) is 0 Å². The summed E-state index contributed by atoms with van der Waals surface area (Å²) in [4.78, 5) is 12.7. The molecule has 0 aliphatic carbocycles. The van der Waals surface area contributed by atoms with E-state index >= 15 is 0 Å². The smallest absolute Gasteiger partial charge is 0.249 e. The van der Waals surface area contributed by atoms with Crippen molar-refractivity contribution in [3.05, 3.63) is 39.7 Å². The van der Waals surface area contributed by atoms with Gasteiger partial charge in [-0.1, -0.05) is 28.4 Å². The maximum atomic E-state index is 13.0. The molecule has 26 heavy (non-hydrogen) atoms. The summed E-state index contributed by atoms with van der Waals surface area (Å²) in [5.74, 6) is -0.239. The van der Waals surface area contributed by atoms with E-state index in [1.54, 1.807) is 19.1 Å². The Labute approximate surface area is 161 Å². The molecule has 1 saturated heterocycles.